The quantitative estimate of drug-likeness (QED) is 0.582. The number of carbonyl (C=O) groups is 2. The van der Waals surface area contributed by atoms with Crippen LogP contribution in [0.2, 0.25) is 10.0 Å². The third kappa shape index (κ3) is 4.63. The van der Waals surface area contributed by atoms with E-state index >= 15 is 0 Å². The monoisotopic (exact) mass is 476 g/mol. The van der Waals surface area contributed by atoms with Gasteiger partial charge in [0.1, 0.15) is 5.69 Å². The summed E-state index contributed by atoms with van der Waals surface area (Å²) in [6, 6.07) is 11.9. The number of hydrogen-bond donors (Lipinski definition) is 2. The molecule has 0 bridgehead atoms. The summed E-state index contributed by atoms with van der Waals surface area (Å²) in [5.74, 6) is 1.30. The summed E-state index contributed by atoms with van der Waals surface area (Å²) in [5, 5.41) is 12.1. The van der Waals surface area contributed by atoms with Crippen LogP contribution in [0.5, 0.6) is 0 Å². The molecule has 0 spiro atoms. The van der Waals surface area contributed by atoms with Crippen molar-refractivity contribution in [3.05, 3.63) is 63.8 Å². The van der Waals surface area contributed by atoms with E-state index in [9.17, 15) is 9.59 Å². The molecule has 0 saturated carbocycles. The molecule has 3 aromatic rings. The molecule has 2 amide bonds. The van der Waals surface area contributed by atoms with Crippen LogP contribution in [0.15, 0.2) is 42.5 Å². The van der Waals surface area contributed by atoms with Gasteiger partial charge in [0.15, 0.2) is 11.5 Å². The van der Waals surface area contributed by atoms with E-state index in [1.165, 1.54) is 4.80 Å². The fourth-order valence-electron chi connectivity index (χ4n) is 3.12. The predicted molar refractivity (Wildman–Crippen MR) is 123 cm³/mol. The minimum absolute atomic E-state index is 0.00369. The first-order valence-electron chi connectivity index (χ1n) is 9.39. The van der Waals surface area contributed by atoms with Crippen molar-refractivity contribution >= 4 is 58.3 Å². The third-order valence-electron chi connectivity index (χ3n) is 4.68. The Morgan fingerprint density at radius 2 is 1.65 bits per heavy atom. The van der Waals surface area contributed by atoms with Gasteiger partial charge in [-0.1, -0.05) is 29.3 Å². The van der Waals surface area contributed by atoms with E-state index in [-0.39, 0.29) is 17.4 Å². The van der Waals surface area contributed by atoms with Gasteiger partial charge in [0.05, 0.1) is 10.0 Å². The molecule has 0 radical (unpaired) electrons. The highest BCUT2D eigenvalue weighted by Gasteiger charge is 2.21. The van der Waals surface area contributed by atoms with E-state index in [0.717, 1.165) is 24.6 Å². The maximum absolute atomic E-state index is 12.6. The molecule has 2 aromatic carbocycles. The molecular formula is C20H18Cl2N6O2S. The van der Waals surface area contributed by atoms with Gasteiger partial charge < -0.3 is 16.0 Å². The summed E-state index contributed by atoms with van der Waals surface area (Å²) >= 11 is 14.3. The van der Waals surface area contributed by atoms with Gasteiger partial charge in [0, 0.05) is 35.8 Å². The summed E-state index contributed by atoms with van der Waals surface area (Å²) in [7, 11) is 0. The average Bonchev–Trinajstić information content (AvgIpc) is 3.18. The SMILES string of the molecule is NC(=O)c1nn(-c2c(Cl)cccc2Cl)nc1Nc1ccc(C(=O)N2CCSCC2)cc1. The van der Waals surface area contributed by atoms with E-state index in [0.29, 0.717) is 27.0 Å². The molecule has 0 aliphatic carbocycles. The molecule has 1 aromatic heterocycles. The van der Waals surface area contributed by atoms with Crippen LogP contribution in [0, 0.1) is 0 Å². The summed E-state index contributed by atoms with van der Waals surface area (Å²) in [5.41, 5.74) is 6.95. The fraction of sp³-hybridized carbons (Fsp3) is 0.200. The largest absolute Gasteiger partial charge is 0.364 e. The number of anilines is 2. The van der Waals surface area contributed by atoms with E-state index in [4.69, 9.17) is 28.9 Å². The normalized spacial score (nSPS) is 13.8. The zero-order chi connectivity index (χ0) is 22.0. The van der Waals surface area contributed by atoms with Crippen molar-refractivity contribution in [2.45, 2.75) is 0 Å². The molecule has 4 rings (SSSR count). The molecule has 1 saturated heterocycles. The van der Waals surface area contributed by atoms with E-state index in [1.807, 2.05) is 16.7 Å². The van der Waals surface area contributed by atoms with Crippen molar-refractivity contribution in [2.24, 2.45) is 5.73 Å². The van der Waals surface area contributed by atoms with E-state index in [1.54, 1.807) is 42.5 Å². The van der Waals surface area contributed by atoms with Crippen LogP contribution in [-0.4, -0.2) is 56.3 Å². The number of benzene rings is 2. The number of nitrogens with one attached hydrogen (secondary N) is 1. The van der Waals surface area contributed by atoms with Gasteiger partial charge in [-0.2, -0.15) is 11.8 Å². The van der Waals surface area contributed by atoms with Crippen LogP contribution in [-0.2, 0) is 0 Å². The van der Waals surface area contributed by atoms with Crippen molar-refractivity contribution in [3.8, 4) is 5.69 Å². The molecule has 11 heteroatoms. The summed E-state index contributed by atoms with van der Waals surface area (Å²) in [6.07, 6.45) is 0. The highest BCUT2D eigenvalue weighted by atomic mass is 35.5. The lowest BCUT2D eigenvalue weighted by atomic mass is 10.1. The van der Waals surface area contributed by atoms with Gasteiger partial charge in [-0.25, -0.2) is 0 Å². The number of nitrogens with two attached hydrogens (primary N) is 1. The Hall–Kier alpha value is -2.75. The number of carbonyl (C=O) groups excluding carboxylic acids is 2. The predicted octanol–water partition coefficient (Wildman–Crippen LogP) is 3.61. The maximum Gasteiger partial charge on any atom is 0.273 e. The Bertz CT molecular complexity index is 1110. The lowest BCUT2D eigenvalue weighted by Gasteiger charge is -2.26. The van der Waals surface area contributed by atoms with Crippen molar-refractivity contribution < 1.29 is 9.59 Å². The van der Waals surface area contributed by atoms with Gasteiger partial charge in [-0.3, -0.25) is 9.59 Å². The number of hydrogen-bond acceptors (Lipinski definition) is 6. The van der Waals surface area contributed by atoms with Gasteiger partial charge in [-0.15, -0.1) is 15.0 Å². The second kappa shape index (κ2) is 9.17. The number of amides is 2. The van der Waals surface area contributed by atoms with Crippen LogP contribution in [0.3, 0.4) is 0 Å². The summed E-state index contributed by atoms with van der Waals surface area (Å²) < 4.78 is 0. The smallest absolute Gasteiger partial charge is 0.273 e. The van der Waals surface area contributed by atoms with Crippen LogP contribution >= 0.6 is 35.0 Å². The number of para-hydroxylation sites is 1. The highest BCUT2D eigenvalue weighted by molar-refractivity contribution is 7.99. The molecule has 1 fully saturated rings. The zero-order valence-electron chi connectivity index (χ0n) is 16.2. The first-order chi connectivity index (χ1) is 14.9. The summed E-state index contributed by atoms with van der Waals surface area (Å²) in [4.78, 5) is 27.5. The van der Waals surface area contributed by atoms with E-state index < -0.39 is 5.91 Å². The van der Waals surface area contributed by atoms with E-state index in [2.05, 4.69) is 15.5 Å². The number of thioether (sulfide) groups is 1. The minimum Gasteiger partial charge on any atom is -0.364 e. The second-order valence-corrected chi connectivity index (χ2v) is 8.77. The van der Waals surface area contributed by atoms with Crippen molar-refractivity contribution in [1.82, 2.24) is 19.9 Å². The molecule has 0 unspecified atom stereocenters. The third-order valence-corrected chi connectivity index (χ3v) is 6.23. The molecule has 31 heavy (non-hydrogen) atoms. The molecular weight excluding hydrogens is 459 g/mol. The lowest BCUT2D eigenvalue weighted by Crippen LogP contribution is -2.37. The number of halogens is 2. The number of nitrogens with zero attached hydrogens (tertiary/aromatic N) is 4. The highest BCUT2D eigenvalue weighted by Crippen LogP contribution is 2.29. The maximum atomic E-state index is 12.6. The molecule has 0 atom stereocenters. The molecule has 3 N–H and O–H groups in total. The first-order valence-corrected chi connectivity index (χ1v) is 11.3. The zero-order valence-corrected chi connectivity index (χ0v) is 18.5. The standard InChI is InChI=1S/C20H18Cl2N6O2S/c21-14-2-1-3-15(22)17(14)28-25-16(18(23)29)19(26-28)24-13-6-4-12(5-7-13)20(30)27-8-10-31-11-9-27/h1-7H,8-11H2,(H2,23,29)(H,24,26). The van der Waals surface area contributed by atoms with Gasteiger partial charge in [-0.05, 0) is 36.4 Å². The minimum atomic E-state index is -0.758. The number of rotatable bonds is 5. The Kier molecular flexibility index (Phi) is 6.35. The van der Waals surface area contributed by atoms with Crippen molar-refractivity contribution in [2.75, 3.05) is 29.9 Å². The Morgan fingerprint density at radius 3 is 2.26 bits per heavy atom. The molecule has 8 nitrogen and oxygen atoms in total. The molecule has 1 aliphatic rings. The lowest BCUT2D eigenvalue weighted by molar-refractivity contribution is 0.0772. The number of aromatic nitrogens is 3. The molecule has 1 aliphatic heterocycles. The number of primary amides is 1. The Balaban J connectivity index is 1.58. The van der Waals surface area contributed by atoms with Crippen LogP contribution in [0.25, 0.3) is 5.69 Å². The molecule has 2 heterocycles. The van der Waals surface area contributed by atoms with Crippen LogP contribution in [0.4, 0.5) is 11.5 Å². The van der Waals surface area contributed by atoms with Crippen molar-refractivity contribution in [1.29, 1.82) is 0 Å². The van der Waals surface area contributed by atoms with Crippen LogP contribution in [0.1, 0.15) is 20.8 Å². The fourth-order valence-corrected chi connectivity index (χ4v) is 4.57. The van der Waals surface area contributed by atoms with Crippen molar-refractivity contribution in [3.63, 3.8) is 0 Å². The van der Waals surface area contributed by atoms with Crippen LogP contribution < -0.4 is 11.1 Å². The topological polar surface area (TPSA) is 106 Å². The van der Waals surface area contributed by atoms with Gasteiger partial charge in [0.25, 0.3) is 11.8 Å². The van der Waals surface area contributed by atoms with Gasteiger partial charge >= 0.3 is 0 Å². The summed E-state index contributed by atoms with van der Waals surface area (Å²) in [6.45, 7) is 1.50. The average molecular weight is 477 g/mol. The first kappa shape index (κ1) is 21.5. The molecule has 160 valence electrons. The van der Waals surface area contributed by atoms with Gasteiger partial charge in [0.2, 0.25) is 0 Å². The second-order valence-electron chi connectivity index (χ2n) is 6.73. The Labute approximate surface area is 192 Å². The Morgan fingerprint density at radius 1 is 1.00 bits per heavy atom.